The van der Waals surface area contributed by atoms with Crippen LogP contribution in [-0.2, 0) is 0 Å². The largest absolute Gasteiger partial charge is 0.130 e. The van der Waals surface area contributed by atoms with Crippen molar-refractivity contribution in [2.75, 3.05) is 6.26 Å². The molecule has 0 aliphatic heterocycles. The van der Waals surface area contributed by atoms with E-state index in [-0.39, 0.29) is 0 Å². The minimum atomic E-state index is 0.889. The van der Waals surface area contributed by atoms with Gasteiger partial charge in [0.2, 0.25) is 0 Å². The molecule has 0 bridgehead atoms. The van der Waals surface area contributed by atoms with E-state index in [0.29, 0.717) is 0 Å². The molecule has 0 aromatic rings. The molecule has 0 aromatic carbocycles. The van der Waals surface area contributed by atoms with E-state index in [4.69, 9.17) is 0 Å². The second-order valence-corrected chi connectivity index (χ2v) is 3.82. The van der Waals surface area contributed by atoms with Crippen molar-refractivity contribution in [1.82, 2.24) is 0 Å². The second-order valence-electron chi connectivity index (χ2n) is 1.90. The van der Waals surface area contributed by atoms with E-state index < -0.39 is 0 Å². The number of hydrogen-bond donors (Lipinski definition) is 0. The molecule has 0 saturated carbocycles. The molecule has 2 heteroatoms. The van der Waals surface area contributed by atoms with Crippen LogP contribution in [0.1, 0.15) is 6.92 Å². The average molecular weight is 219 g/mol. The number of halogens is 1. The lowest BCUT2D eigenvalue weighted by Gasteiger charge is -1.99. The van der Waals surface area contributed by atoms with Gasteiger partial charge < -0.3 is 0 Å². The molecule has 0 aromatic heterocycles. The van der Waals surface area contributed by atoms with Gasteiger partial charge in [0.1, 0.15) is 0 Å². The lowest BCUT2D eigenvalue weighted by Crippen LogP contribution is -1.75. The summed E-state index contributed by atoms with van der Waals surface area (Å²) < 4.78 is 0.889. The first-order chi connectivity index (χ1) is 4.57. The summed E-state index contributed by atoms with van der Waals surface area (Å²) in [6.45, 7) is 9.58. The van der Waals surface area contributed by atoms with Gasteiger partial charge in [0.15, 0.2) is 0 Å². The van der Waals surface area contributed by atoms with Crippen molar-refractivity contribution in [2.45, 2.75) is 6.92 Å². The Morgan fingerprint density at radius 3 is 2.30 bits per heavy atom. The molecule has 0 amide bonds. The molecule has 0 nitrogen and oxygen atoms in total. The first-order valence-corrected chi connectivity index (χ1v) is 4.85. The predicted octanol–water partition coefficient (Wildman–Crippen LogP) is 3.72. The summed E-state index contributed by atoms with van der Waals surface area (Å²) in [5, 5.41) is 0. The molecule has 0 radical (unpaired) electrons. The van der Waals surface area contributed by atoms with Gasteiger partial charge >= 0.3 is 0 Å². The molecule has 0 spiro atoms. The number of rotatable bonds is 3. The third-order valence-electron chi connectivity index (χ3n) is 1.06. The lowest BCUT2D eigenvalue weighted by atomic mass is 10.3. The first kappa shape index (κ1) is 10.0. The summed E-state index contributed by atoms with van der Waals surface area (Å²) in [5.41, 5.74) is 1.16. The molecule has 0 rings (SSSR count). The average Bonchev–Trinajstić information content (AvgIpc) is 1.85. The lowest BCUT2D eigenvalue weighted by molar-refractivity contribution is 1.51. The molecule has 0 aliphatic rings. The smallest absolute Gasteiger partial charge is 0.0106 e. The minimum absolute atomic E-state index is 0.889. The molecule has 0 atom stereocenters. The Balaban J connectivity index is 4.19. The molecule has 0 N–H and O–H groups in total. The summed E-state index contributed by atoms with van der Waals surface area (Å²) in [6, 6.07) is 0. The van der Waals surface area contributed by atoms with Crippen LogP contribution < -0.4 is 0 Å². The van der Waals surface area contributed by atoms with Crippen LogP contribution in [0.4, 0.5) is 0 Å². The molecule has 0 aliphatic carbocycles. The van der Waals surface area contributed by atoms with Gasteiger partial charge in [-0.3, -0.25) is 0 Å². The molecule has 0 unspecified atom stereocenters. The number of hydrogen-bond acceptors (Lipinski definition) is 1. The molecular formula is C8H11BrS. The van der Waals surface area contributed by atoms with Gasteiger partial charge in [0.25, 0.3) is 0 Å². The summed E-state index contributed by atoms with van der Waals surface area (Å²) in [6.07, 6.45) is 3.97. The fourth-order valence-electron chi connectivity index (χ4n) is 0.476. The molecular weight excluding hydrogens is 208 g/mol. The topological polar surface area (TPSA) is 0 Å². The molecule has 0 saturated heterocycles. The monoisotopic (exact) mass is 218 g/mol. The van der Waals surface area contributed by atoms with Gasteiger partial charge in [0, 0.05) is 9.39 Å². The van der Waals surface area contributed by atoms with Crippen LogP contribution in [-0.4, -0.2) is 6.26 Å². The third-order valence-corrected chi connectivity index (χ3v) is 2.10. The van der Waals surface area contributed by atoms with Crippen LogP contribution in [0.2, 0.25) is 0 Å². The van der Waals surface area contributed by atoms with Crippen LogP contribution in [0.5, 0.6) is 0 Å². The summed E-state index contributed by atoms with van der Waals surface area (Å²) in [7, 11) is 0. The van der Waals surface area contributed by atoms with E-state index in [9.17, 15) is 0 Å². The van der Waals surface area contributed by atoms with Crippen LogP contribution in [0.25, 0.3) is 0 Å². The predicted molar refractivity (Wildman–Crippen MR) is 54.5 cm³/mol. The van der Waals surface area contributed by atoms with E-state index >= 15 is 0 Å². The van der Waals surface area contributed by atoms with Crippen molar-refractivity contribution in [3.63, 3.8) is 0 Å². The normalized spacial score (nSPS) is 11.3. The Kier molecular flexibility index (Phi) is 4.83. The molecule has 0 fully saturated rings. The van der Waals surface area contributed by atoms with E-state index in [2.05, 4.69) is 29.1 Å². The van der Waals surface area contributed by atoms with Crippen molar-refractivity contribution >= 4 is 27.7 Å². The van der Waals surface area contributed by atoms with Crippen molar-refractivity contribution in [1.29, 1.82) is 0 Å². The fourth-order valence-corrected chi connectivity index (χ4v) is 1.20. The highest BCUT2D eigenvalue weighted by molar-refractivity contribution is 9.11. The van der Waals surface area contributed by atoms with E-state index in [0.717, 1.165) is 15.0 Å². The van der Waals surface area contributed by atoms with Gasteiger partial charge in [-0.1, -0.05) is 29.1 Å². The Labute approximate surface area is 75.2 Å². The standard InChI is InChI=1S/C8H11BrS/c1-6(5-7(2)9)8(3)10-4/h5H,2-3H2,1,4H3/b6-5-. The van der Waals surface area contributed by atoms with Gasteiger partial charge in [-0.25, -0.2) is 0 Å². The fraction of sp³-hybridized carbons (Fsp3) is 0.250. The zero-order valence-electron chi connectivity index (χ0n) is 6.28. The quantitative estimate of drug-likeness (QED) is 0.652. The highest BCUT2D eigenvalue weighted by atomic mass is 79.9. The highest BCUT2D eigenvalue weighted by Crippen LogP contribution is 2.20. The summed E-state index contributed by atoms with van der Waals surface area (Å²) in [4.78, 5) is 1.08. The number of allylic oxidation sites excluding steroid dienone is 3. The van der Waals surface area contributed by atoms with Crippen LogP contribution >= 0.6 is 27.7 Å². The highest BCUT2D eigenvalue weighted by Gasteiger charge is 1.92. The van der Waals surface area contributed by atoms with Crippen molar-refractivity contribution in [3.05, 3.63) is 34.2 Å². The number of thioether (sulfide) groups is 1. The zero-order valence-corrected chi connectivity index (χ0v) is 8.68. The van der Waals surface area contributed by atoms with Crippen LogP contribution in [0, 0.1) is 0 Å². The first-order valence-electron chi connectivity index (χ1n) is 2.84. The van der Waals surface area contributed by atoms with Crippen LogP contribution in [0.3, 0.4) is 0 Å². The van der Waals surface area contributed by atoms with Gasteiger partial charge in [-0.05, 0) is 24.8 Å². The van der Waals surface area contributed by atoms with E-state index in [1.54, 1.807) is 11.8 Å². The summed E-state index contributed by atoms with van der Waals surface area (Å²) in [5.74, 6) is 0. The van der Waals surface area contributed by atoms with Gasteiger partial charge in [-0.15, -0.1) is 11.8 Å². The van der Waals surface area contributed by atoms with Gasteiger partial charge in [-0.2, -0.15) is 0 Å². The minimum Gasteiger partial charge on any atom is -0.130 e. The molecule has 10 heavy (non-hydrogen) atoms. The van der Waals surface area contributed by atoms with E-state index in [1.807, 2.05) is 19.3 Å². The maximum atomic E-state index is 3.86. The van der Waals surface area contributed by atoms with Crippen molar-refractivity contribution in [3.8, 4) is 0 Å². The molecule has 56 valence electrons. The Bertz CT molecular complexity index is 180. The Morgan fingerprint density at radius 2 is 2.00 bits per heavy atom. The third kappa shape index (κ3) is 3.96. The Hall–Kier alpha value is 0.0500. The van der Waals surface area contributed by atoms with Crippen LogP contribution in [0.15, 0.2) is 34.2 Å². The van der Waals surface area contributed by atoms with Gasteiger partial charge in [0.05, 0.1) is 0 Å². The zero-order chi connectivity index (χ0) is 8.15. The SMILES string of the molecule is C=C(Br)/C=C(/C)C(=C)SC. The van der Waals surface area contributed by atoms with E-state index in [1.165, 1.54) is 0 Å². The molecule has 0 heterocycles. The van der Waals surface area contributed by atoms with Crippen molar-refractivity contribution < 1.29 is 0 Å². The Morgan fingerprint density at radius 1 is 1.50 bits per heavy atom. The maximum absolute atomic E-state index is 3.86. The van der Waals surface area contributed by atoms with Crippen molar-refractivity contribution in [2.24, 2.45) is 0 Å². The summed E-state index contributed by atoms with van der Waals surface area (Å²) >= 11 is 4.90. The second kappa shape index (κ2) is 4.80. The maximum Gasteiger partial charge on any atom is 0.0106 e.